The van der Waals surface area contributed by atoms with E-state index in [9.17, 15) is 10.1 Å². The minimum absolute atomic E-state index is 1.07. The summed E-state index contributed by atoms with van der Waals surface area (Å²) in [5.74, 6) is 0. The van der Waals surface area contributed by atoms with Crippen LogP contribution in [-0.4, -0.2) is 5.03 Å². The Labute approximate surface area is 59.0 Å². The number of hydrogen-bond acceptors (Lipinski definition) is 4. The van der Waals surface area contributed by atoms with Gasteiger partial charge in [-0.2, -0.15) is 5.26 Å². The van der Waals surface area contributed by atoms with Gasteiger partial charge in [-0.25, -0.2) is 0 Å². The van der Waals surface area contributed by atoms with Crippen LogP contribution >= 0.6 is 0 Å². The second kappa shape index (κ2) is 5.82. The van der Waals surface area contributed by atoms with Crippen LogP contribution in [0.4, 0.5) is 0 Å². The van der Waals surface area contributed by atoms with Crippen molar-refractivity contribution in [2.24, 2.45) is 31.2 Å². The van der Waals surface area contributed by atoms with Gasteiger partial charge >= 0.3 is 0 Å². The summed E-state index contributed by atoms with van der Waals surface area (Å²) in [6.07, 6.45) is 1.27. The summed E-state index contributed by atoms with van der Waals surface area (Å²) < 4.78 is 0. The van der Waals surface area contributed by atoms with Crippen LogP contribution in [0.1, 0.15) is 0 Å². The molecule has 0 saturated heterocycles. The number of hydrogen-bond donors (Lipinski definition) is 0. The highest BCUT2D eigenvalue weighted by molar-refractivity contribution is 4.56. The molecule has 11 heavy (non-hydrogen) atoms. The Kier molecular flexibility index (Phi) is 4.60. The van der Waals surface area contributed by atoms with E-state index in [-0.39, 0.29) is 0 Å². The zero-order chi connectivity index (χ0) is 8.53. The summed E-state index contributed by atoms with van der Waals surface area (Å²) in [5.41, 5.74) is 0. The lowest BCUT2D eigenvalue weighted by Gasteiger charge is -1.70. The molecule has 0 aliphatic heterocycles. The van der Waals surface area contributed by atoms with Crippen molar-refractivity contribution in [3.05, 3.63) is 10.1 Å². The number of nitriles is 1. The summed E-state index contributed by atoms with van der Waals surface area (Å²) in [6, 6.07) is 0. The molecule has 0 rings (SSSR count). The van der Waals surface area contributed by atoms with E-state index in [1.807, 2.05) is 0 Å². The Balaban J connectivity index is 3.71. The number of nitro groups is 1. The Morgan fingerprint density at radius 1 is 1.27 bits per heavy atom. The summed E-state index contributed by atoms with van der Waals surface area (Å²) in [4.78, 5) is 9.43. The van der Waals surface area contributed by atoms with Crippen molar-refractivity contribution in [3.63, 3.8) is 0 Å². The average molecular weight is 156 g/mol. The average Bonchev–Trinajstić information content (AvgIpc) is 1.96. The Morgan fingerprint density at radius 2 is 1.91 bits per heavy atom. The molecular formula is CN8O2. The normalized spacial score (nSPS) is 11.2. The van der Waals surface area contributed by atoms with Gasteiger partial charge in [0.05, 0.1) is 5.03 Å². The molecule has 0 unspecified atom stereocenters. The molecule has 0 bridgehead atoms. The largest absolute Gasteiger partial charge is 0.337 e. The highest BCUT2D eigenvalue weighted by Gasteiger charge is 1.82. The van der Waals surface area contributed by atoms with Crippen LogP contribution in [0.3, 0.4) is 0 Å². The smallest absolute Gasteiger partial charge is 0.230 e. The molecule has 0 aliphatic carbocycles. The summed E-state index contributed by atoms with van der Waals surface area (Å²) >= 11 is 0. The lowest BCUT2D eigenvalue weighted by atomic mass is 11.5. The van der Waals surface area contributed by atoms with E-state index in [0.29, 0.717) is 0 Å². The molecule has 0 aromatic rings. The summed E-state index contributed by atoms with van der Waals surface area (Å²) in [7, 11) is 0. The molecule has 0 radical (unpaired) electrons. The molecule has 10 nitrogen and oxygen atoms in total. The maximum atomic E-state index is 9.43. The van der Waals surface area contributed by atoms with Crippen LogP contribution < -0.4 is 0 Å². The molecule has 0 aromatic carbocycles. The van der Waals surface area contributed by atoms with Gasteiger partial charge in [-0.1, -0.05) is 0 Å². The van der Waals surface area contributed by atoms with E-state index < -0.39 is 5.03 Å². The lowest BCUT2D eigenvalue weighted by Crippen LogP contribution is -1.79. The van der Waals surface area contributed by atoms with Crippen molar-refractivity contribution >= 4 is 0 Å². The molecule has 0 aliphatic rings. The van der Waals surface area contributed by atoms with Gasteiger partial charge in [-0.05, 0) is 10.3 Å². The van der Waals surface area contributed by atoms with Crippen LogP contribution in [0.25, 0.3) is 0 Å². The second-order valence-electron chi connectivity index (χ2n) is 0.885. The molecule has 10 heteroatoms. The summed E-state index contributed by atoms with van der Waals surface area (Å²) in [5, 5.41) is 31.8. The highest BCUT2D eigenvalue weighted by atomic mass is 16.7. The van der Waals surface area contributed by atoms with Crippen LogP contribution in [0.5, 0.6) is 0 Å². The molecule has 0 N–H and O–H groups in total. The third-order valence-corrected chi connectivity index (χ3v) is 0.322. The fourth-order valence-corrected chi connectivity index (χ4v) is 0.126. The van der Waals surface area contributed by atoms with Gasteiger partial charge in [0.25, 0.3) is 0 Å². The zero-order valence-corrected chi connectivity index (χ0v) is 4.89. The minimum atomic E-state index is -1.07. The van der Waals surface area contributed by atoms with E-state index in [0.717, 1.165) is 0 Å². The van der Waals surface area contributed by atoms with Crippen molar-refractivity contribution in [2.45, 2.75) is 0 Å². The molecule has 0 fully saturated rings. The Morgan fingerprint density at radius 3 is 2.45 bits per heavy atom. The third-order valence-electron chi connectivity index (χ3n) is 0.322. The van der Waals surface area contributed by atoms with Gasteiger partial charge in [0.2, 0.25) is 16.6 Å². The maximum Gasteiger partial charge on any atom is 0.230 e. The maximum absolute atomic E-state index is 9.43. The summed E-state index contributed by atoms with van der Waals surface area (Å²) in [6.45, 7) is 0. The first kappa shape index (κ1) is 8.69. The van der Waals surface area contributed by atoms with Crippen LogP contribution in [0.15, 0.2) is 31.2 Å². The van der Waals surface area contributed by atoms with Crippen molar-refractivity contribution in [2.75, 3.05) is 0 Å². The number of rotatable bonds is 3. The van der Waals surface area contributed by atoms with Crippen LogP contribution in [0.2, 0.25) is 0 Å². The molecule has 0 atom stereocenters. The van der Waals surface area contributed by atoms with Gasteiger partial charge in [0, 0.05) is 5.22 Å². The predicted molar refractivity (Wildman–Crippen MR) is 27.2 cm³/mol. The SMILES string of the molecule is N#CN=NN=NN=N[N+](=O)[O-]. The fourth-order valence-electron chi connectivity index (χ4n) is 0.126. The predicted octanol–water partition coefficient (Wildman–Crippen LogP) is 0.846. The van der Waals surface area contributed by atoms with Crippen LogP contribution in [-0.2, 0) is 0 Å². The first-order valence-corrected chi connectivity index (χ1v) is 2.01. The lowest BCUT2D eigenvalue weighted by molar-refractivity contribution is -0.494. The van der Waals surface area contributed by atoms with E-state index in [2.05, 4.69) is 31.2 Å². The quantitative estimate of drug-likeness (QED) is 0.258. The molecule has 0 aromatic heterocycles. The van der Waals surface area contributed by atoms with E-state index in [4.69, 9.17) is 5.26 Å². The van der Waals surface area contributed by atoms with Crippen molar-refractivity contribution in [1.29, 1.82) is 5.26 Å². The van der Waals surface area contributed by atoms with E-state index in [1.54, 1.807) is 0 Å². The van der Waals surface area contributed by atoms with Crippen molar-refractivity contribution in [3.8, 4) is 6.19 Å². The molecule has 0 heterocycles. The first-order chi connectivity index (χ1) is 5.27. The van der Waals surface area contributed by atoms with Gasteiger partial charge in [-0.15, -0.1) is 0 Å². The van der Waals surface area contributed by atoms with Gasteiger partial charge in [0.1, 0.15) is 5.22 Å². The standard InChI is InChI=1S/CN8O2/c2-1-3-4-5-6-7-8-9(10)11. The van der Waals surface area contributed by atoms with E-state index >= 15 is 0 Å². The fraction of sp³-hybridized carbons (Fsp3) is 0. The Hall–Kier alpha value is -2.31. The third kappa shape index (κ3) is 7.69. The van der Waals surface area contributed by atoms with E-state index in [1.165, 1.54) is 6.19 Å². The second-order valence-corrected chi connectivity index (χ2v) is 0.885. The van der Waals surface area contributed by atoms with Gasteiger partial charge in [-0.3, -0.25) is 0 Å². The highest BCUT2D eigenvalue weighted by Crippen LogP contribution is 1.82. The number of nitrogens with zero attached hydrogens (tertiary/aromatic N) is 8. The van der Waals surface area contributed by atoms with Crippen molar-refractivity contribution in [1.82, 2.24) is 0 Å². The first-order valence-electron chi connectivity index (χ1n) is 2.01. The monoisotopic (exact) mass is 156 g/mol. The van der Waals surface area contributed by atoms with Gasteiger partial charge in [0.15, 0.2) is 0 Å². The van der Waals surface area contributed by atoms with Crippen molar-refractivity contribution < 1.29 is 5.03 Å². The molecular weight excluding hydrogens is 156 g/mol. The van der Waals surface area contributed by atoms with Crippen LogP contribution in [0, 0.1) is 21.6 Å². The Bertz CT molecular complexity index is 243. The molecule has 0 spiro atoms. The zero-order valence-electron chi connectivity index (χ0n) is 4.89. The minimum Gasteiger partial charge on any atom is -0.337 e. The molecule has 0 amide bonds. The molecule has 0 saturated carbocycles. The topological polar surface area (TPSA) is 141 Å². The molecule has 56 valence electrons. The van der Waals surface area contributed by atoms with Gasteiger partial charge < -0.3 is 10.1 Å².